The number of nitrogens with one attached hydrogen (secondary N) is 1. The molecule has 1 rings (SSSR count). The van der Waals surface area contributed by atoms with E-state index in [1.54, 1.807) is 17.0 Å². The minimum Gasteiger partial charge on any atom is -0.360 e. The fraction of sp³-hybridized carbons (Fsp3) is 0.667. The van der Waals surface area contributed by atoms with E-state index >= 15 is 0 Å². The van der Waals surface area contributed by atoms with Gasteiger partial charge in [-0.2, -0.15) is 0 Å². The molecule has 0 bridgehead atoms. The smallest absolute Gasteiger partial charge is 0.293 e. The quantitative estimate of drug-likeness (QED) is 0.832. The lowest BCUT2D eigenvalue weighted by molar-refractivity contribution is 0.475. The predicted octanol–water partition coefficient (Wildman–Crippen LogP) is 2.25. The highest BCUT2D eigenvalue weighted by Crippen LogP contribution is 2.17. The molecule has 0 unspecified atom stereocenters. The number of hydrogen-bond donors (Lipinski definition) is 1. The maximum Gasteiger partial charge on any atom is 0.293 e. The van der Waals surface area contributed by atoms with E-state index in [4.69, 9.17) is 0 Å². The Bertz CT molecular complexity index is 393. The summed E-state index contributed by atoms with van der Waals surface area (Å²) in [5, 5.41) is 3.25. The van der Waals surface area contributed by atoms with Crippen molar-refractivity contribution in [2.24, 2.45) is 0 Å². The van der Waals surface area contributed by atoms with Gasteiger partial charge in [0.2, 0.25) is 0 Å². The SMILES string of the molecule is CCn1ccnc(NC(C)(CC)CC)c1=O. The van der Waals surface area contributed by atoms with Crippen molar-refractivity contribution >= 4 is 5.82 Å². The first-order chi connectivity index (χ1) is 7.56. The van der Waals surface area contributed by atoms with Crippen LogP contribution in [-0.2, 0) is 6.54 Å². The zero-order valence-electron chi connectivity index (χ0n) is 10.6. The average Bonchev–Trinajstić information content (AvgIpc) is 2.32. The molecule has 1 N–H and O–H groups in total. The van der Waals surface area contributed by atoms with E-state index in [2.05, 4.69) is 31.1 Å². The molecule has 1 aromatic rings. The maximum atomic E-state index is 11.9. The van der Waals surface area contributed by atoms with Crippen LogP contribution in [0.2, 0.25) is 0 Å². The zero-order valence-corrected chi connectivity index (χ0v) is 10.6. The first-order valence-electron chi connectivity index (χ1n) is 5.90. The van der Waals surface area contributed by atoms with Crippen molar-refractivity contribution in [3.8, 4) is 0 Å². The van der Waals surface area contributed by atoms with Crippen LogP contribution in [0, 0.1) is 0 Å². The highest BCUT2D eigenvalue weighted by Gasteiger charge is 2.21. The predicted molar refractivity (Wildman–Crippen MR) is 66.8 cm³/mol. The minimum absolute atomic E-state index is 0.0434. The van der Waals surface area contributed by atoms with Gasteiger partial charge < -0.3 is 9.88 Å². The van der Waals surface area contributed by atoms with E-state index < -0.39 is 0 Å². The van der Waals surface area contributed by atoms with E-state index in [9.17, 15) is 4.79 Å². The topological polar surface area (TPSA) is 46.9 Å². The van der Waals surface area contributed by atoms with Crippen molar-refractivity contribution in [1.29, 1.82) is 0 Å². The first-order valence-corrected chi connectivity index (χ1v) is 5.90. The van der Waals surface area contributed by atoms with Crippen molar-refractivity contribution in [1.82, 2.24) is 9.55 Å². The highest BCUT2D eigenvalue weighted by atomic mass is 16.1. The Morgan fingerprint density at radius 1 is 1.38 bits per heavy atom. The first kappa shape index (κ1) is 12.7. The number of nitrogens with zero attached hydrogens (tertiary/aromatic N) is 2. The van der Waals surface area contributed by atoms with Crippen molar-refractivity contribution in [3.05, 3.63) is 22.7 Å². The minimum atomic E-state index is -0.0565. The Hall–Kier alpha value is -1.32. The summed E-state index contributed by atoms with van der Waals surface area (Å²) in [7, 11) is 0. The molecule has 0 aromatic carbocycles. The Morgan fingerprint density at radius 3 is 2.50 bits per heavy atom. The Balaban J connectivity index is 3.02. The van der Waals surface area contributed by atoms with Gasteiger partial charge in [-0.25, -0.2) is 4.98 Å². The van der Waals surface area contributed by atoms with Gasteiger partial charge in [0.05, 0.1) is 0 Å². The van der Waals surface area contributed by atoms with Crippen LogP contribution in [0.4, 0.5) is 5.82 Å². The number of aromatic nitrogens is 2. The summed E-state index contributed by atoms with van der Waals surface area (Å²) in [5.41, 5.74) is -0.0999. The van der Waals surface area contributed by atoms with Crippen LogP contribution in [0.5, 0.6) is 0 Å². The molecule has 1 aromatic heterocycles. The molecule has 0 saturated heterocycles. The van der Waals surface area contributed by atoms with Crippen LogP contribution in [-0.4, -0.2) is 15.1 Å². The molecule has 0 aliphatic heterocycles. The van der Waals surface area contributed by atoms with Crippen LogP contribution in [0.25, 0.3) is 0 Å². The largest absolute Gasteiger partial charge is 0.360 e. The molecule has 0 amide bonds. The molecule has 0 aliphatic carbocycles. The van der Waals surface area contributed by atoms with Crippen LogP contribution in [0.3, 0.4) is 0 Å². The Kier molecular flexibility index (Phi) is 4.10. The maximum absolute atomic E-state index is 11.9. The van der Waals surface area contributed by atoms with Gasteiger partial charge in [-0.3, -0.25) is 4.79 Å². The van der Waals surface area contributed by atoms with Gasteiger partial charge in [0.25, 0.3) is 5.56 Å². The summed E-state index contributed by atoms with van der Waals surface area (Å²) >= 11 is 0. The number of anilines is 1. The van der Waals surface area contributed by atoms with E-state index in [1.807, 2.05) is 6.92 Å². The van der Waals surface area contributed by atoms with Crippen LogP contribution >= 0.6 is 0 Å². The van der Waals surface area contributed by atoms with Gasteiger partial charge in [0.15, 0.2) is 5.82 Å². The van der Waals surface area contributed by atoms with Crippen molar-refractivity contribution in [2.75, 3.05) is 5.32 Å². The van der Waals surface area contributed by atoms with Crippen LogP contribution in [0.15, 0.2) is 17.2 Å². The summed E-state index contributed by atoms with van der Waals surface area (Å²) in [4.78, 5) is 16.1. The summed E-state index contributed by atoms with van der Waals surface area (Å²) in [6, 6.07) is 0. The molecule has 16 heavy (non-hydrogen) atoms. The molecular formula is C12H21N3O. The third-order valence-corrected chi connectivity index (χ3v) is 3.24. The molecule has 0 fully saturated rings. The third-order valence-electron chi connectivity index (χ3n) is 3.24. The van der Waals surface area contributed by atoms with Gasteiger partial charge >= 0.3 is 0 Å². The number of rotatable bonds is 5. The molecule has 4 heteroatoms. The Labute approximate surface area is 96.7 Å². The lowest BCUT2D eigenvalue weighted by Crippen LogP contribution is -2.37. The zero-order chi connectivity index (χ0) is 12.2. The molecule has 0 aliphatic rings. The lowest BCUT2D eigenvalue weighted by atomic mass is 9.96. The second-order valence-corrected chi connectivity index (χ2v) is 4.26. The Morgan fingerprint density at radius 2 is 2.00 bits per heavy atom. The van der Waals surface area contributed by atoms with E-state index in [1.165, 1.54) is 0 Å². The number of aryl methyl sites for hydroxylation is 1. The molecule has 1 heterocycles. The summed E-state index contributed by atoms with van der Waals surface area (Å²) in [6.45, 7) is 8.95. The van der Waals surface area contributed by atoms with E-state index in [0.717, 1.165) is 12.8 Å². The highest BCUT2D eigenvalue weighted by molar-refractivity contribution is 5.34. The van der Waals surface area contributed by atoms with Crippen LogP contribution < -0.4 is 10.9 Å². The van der Waals surface area contributed by atoms with Crippen LogP contribution in [0.1, 0.15) is 40.5 Å². The summed E-state index contributed by atoms with van der Waals surface area (Å²) in [5.74, 6) is 0.454. The standard InChI is InChI=1S/C12H21N3O/c1-5-12(4,6-2)14-10-11(16)15(7-3)9-8-13-10/h8-9H,5-7H2,1-4H3,(H,13,14). The fourth-order valence-corrected chi connectivity index (χ4v) is 1.49. The van der Waals surface area contributed by atoms with Crippen molar-refractivity contribution in [3.63, 3.8) is 0 Å². The normalized spacial score (nSPS) is 11.5. The van der Waals surface area contributed by atoms with Gasteiger partial charge in [-0.1, -0.05) is 13.8 Å². The second kappa shape index (κ2) is 5.14. The molecule has 0 atom stereocenters. The second-order valence-electron chi connectivity index (χ2n) is 4.26. The summed E-state index contributed by atoms with van der Waals surface area (Å²) < 4.78 is 1.65. The molecule has 4 nitrogen and oxygen atoms in total. The monoisotopic (exact) mass is 223 g/mol. The van der Waals surface area contributed by atoms with Crippen molar-refractivity contribution in [2.45, 2.75) is 52.6 Å². The molecule has 0 saturated carbocycles. The van der Waals surface area contributed by atoms with E-state index in [-0.39, 0.29) is 11.1 Å². The molecular weight excluding hydrogens is 202 g/mol. The summed E-state index contributed by atoms with van der Waals surface area (Å²) in [6.07, 6.45) is 5.30. The molecule has 0 spiro atoms. The third kappa shape index (κ3) is 2.62. The molecule has 90 valence electrons. The average molecular weight is 223 g/mol. The van der Waals surface area contributed by atoms with Gasteiger partial charge in [0, 0.05) is 24.5 Å². The lowest BCUT2D eigenvalue weighted by Gasteiger charge is -2.28. The number of hydrogen-bond acceptors (Lipinski definition) is 3. The van der Waals surface area contributed by atoms with Gasteiger partial charge in [-0.15, -0.1) is 0 Å². The van der Waals surface area contributed by atoms with Gasteiger partial charge in [0.1, 0.15) is 0 Å². The fourth-order valence-electron chi connectivity index (χ4n) is 1.49. The van der Waals surface area contributed by atoms with Crippen molar-refractivity contribution < 1.29 is 0 Å². The molecule has 0 radical (unpaired) electrons. The van der Waals surface area contributed by atoms with E-state index in [0.29, 0.717) is 12.4 Å². The van der Waals surface area contributed by atoms with Gasteiger partial charge in [-0.05, 0) is 26.7 Å².